The van der Waals surface area contributed by atoms with Gasteiger partial charge in [0.25, 0.3) is 0 Å². The number of ether oxygens (including phenoxy) is 2. The number of nitrogens with zero attached hydrogens (tertiary/aromatic N) is 2. The summed E-state index contributed by atoms with van der Waals surface area (Å²) >= 11 is 2.28. The summed E-state index contributed by atoms with van der Waals surface area (Å²) in [6.07, 6.45) is 0.780. The molecule has 1 saturated heterocycles. The molecule has 2 rings (SSSR count). The van der Waals surface area contributed by atoms with Gasteiger partial charge >= 0.3 is 6.09 Å². The van der Waals surface area contributed by atoms with Crippen LogP contribution in [0.25, 0.3) is 0 Å². The van der Waals surface area contributed by atoms with Crippen LogP contribution in [-0.4, -0.2) is 60.8 Å². The minimum atomic E-state index is -0.430. The minimum Gasteiger partial charge on any atom is -0.494 e. The number of halogens is 1. The molecule has 1 aromatic carbocycles. The predicted molar refractivity (Wildman–Crippen MR) is 104 cm³/mol. The van der Waals surface area contributed by atoms with Gasteiger partial charge < -0.3 is 14.4 Å². The molecule has 24 heavy (non-hydrogen) atoms. The van der Waals surface area contributed by atoms with Gasteiger partial charge in [-0.1, -0.05) is 0 Å². The lowest BCUT2D eigenvalue weighted by atomic mass is 10.2. The first-order valence-electron chi connectivity index (χ1n) is 8.42. The van der Waals surface area contributed by atoms with Gasteiger partial charge in [-0.05, 0) is 74.0 Å². The molecule has 0 radical (unpaired) electrons. The minimum absolute atomic E-state index is 0.204. The van der Waals surface area contributed by atoms with Crippen LogP contribution in [0, 0.1) is 3.57 Å². The van der Waals surface area contributed by atoms with Crippen molar-refractivity contribution in [3.8, 4) is 5.75 Å². The van der Waals surface area contributed by atoms with Crippen LogP contribution >= 0.6 is 22.6 Å². The summed E-state index contributed by atoms with van der Waals surface area (Å²) in [7, 11) is 0. The third-order valence-electron chi connectivity index (χ3n) is 3.73. The molecule has 0 bridgehead atoms. The van der Waals surface area contributed by atoms with Gasteiger partial charge in [-0.15, -0.1) is 0 Å². The molecule has 0 N–H and O–H groups in total. The molecule has 0 spiro atoms. The zero-order valence-corrected chi connectivity index (χ0v) is 16.9. The van der Waals surface area contributed by atoms with Crippen LogP contribution in [0.15, 0.2) is 24.3 Å². The van der Waals surface area contributed by atoms with Gasteiger partial charge in [0.2, 0.25) is 0 Å². The van der Waals surface area contributed by atoms with Crippen molar-refractivity contribution in [2.45, 2.75) is 32.8 Å². The van der Waals surface area contributed by atoms with E-state index in [1.54, 1.807) is 4.90 Å². The van der Waals surface area contributed by atoms with Crippen LogP contribution < -0.4 is 4.74 Å². The lowest BCUT2D eigenvalue weighted by Gasteiger charge is -2.35. The van der Waals surface area contributed by atoms with E-state index in [1.165, 1.54) is 3.57 Å². The van der Waals surface area contributed by atoms with Gasteiger partial charge in [0, 0.05) is 36.3 Å². The molecule has 1 aromatic rings. The summed E-state index contributed by atoms with van der Waals surface area (Å²) in [6.45, 7) is 10.6. The summed E-state index contributed by atoms with van der Waals surface area (Å²) in [5, 5.41) is 0. The Hall–Kier alpha value is -1.02. The van der Waals surface area contributed by atoms with Crippen molar-refractivity contribution < 1.29 is 14.3 Å². The highest BCUT2D eigenvalue weighted by atomic mass is 127. The van der Waals surface area contributed by atoms with E-state index >= 15 is 0 Å². The maximum Gasteiger partial charge on any atom is 0.410 e. The summed E-state index contributed by atoms with van der Waals surface area (Å²) < 4.78 is 12.4. The fourth-order valence-electron chi connectivity index (χ4n) is 2.49. The number of carbonyl (C=O) groups is 1. The van der Waals surface area contributed by atoms with Crippen molar-refractivity contribution in [2.75, 3.05) is 39.3 Å². The molecule has 134 valence electrons. The zero-order chi connectivity index (χ0) is 17.6. The first-order valence-corrected chi connectivity index (χ1v) is 9.50. The van der Waals surface area contributed by atoms with E-state index in [1.807, 2.05) is 45.0 Å². The van der Waals surface area contributed by atoms with Crippen LogP contribution in [0.4, 0.5) is 4.79 Å². The highest BCUT2D eigenvalue weighted by Gasteiger charge is 2.25. The summed E-state index contributed by atoms with van der Waals surface area (Å²) in [6, 6.07) is 8.10. The van der Waals surface area contributed by atoms with Crippen molar-refractivity contribution in [1.82, 2.24) is 9.80 Å². The number of rotatable bonds is 5. The highest BCUT2D eigenvalue weighted by molar-refractivity contribution is 14.1. The summed E-state index contributed by atoms with van der Waals surface area (Å²) in [5.41, 5.74) is -0.430. The lowest BCUT2D eigenvalue weighted by Crippen LogP contribution is -2.50. The van der Waals surface area contributed by atoms with Crippen LogP contribution in [0.1, 0.15) is 27.2 Å². The standard InChI is InChI=1S/C18H27IN2O3/c1-18(2,3)24-17(22)21-12-10-20(11-13-21)9-4-14-23-16-7-5-15(19)6-8-16/h5-8H,4,9-14H2,1-3H3. The van der Waals surface area contributed by atoms with Crippen molar-refractivity contribution in [3.63, 3.8) is 0 Å². The average molecular weight is 446 g/mol. The Labute approximate surface area is 158 Å². The normalized spacial score (nSPS) is 16.1. The molecule has 0 atom stereocenters. The van der Waals surface area contributed by atoms with Crippen LogP contribution in [0.5, 0.6) is 5.75 Å². The van der Waals surface area contributed by atoms with Crippen LogP contribution in [0.3, 0.4) is 0 Å². The van der Waals surface area contributed by atoms with E-state index in [0.29, 0.717) is 6.61 Å². The van der Waals surface area contributed by atoms with Crippen LogP contribution in [0.2, 0.25) is 0 Å². The van der Waals surface area contributed by atoms with E-state index in [9.17, 15) is 4.79 Å². The zero-order valence-electron chi connectivity index (χ0n) is 14.8. The molecule has 6 heteroatoms. The van der Waals surface area contributed by atoms with Gasteiger partial charge in [0.05, 0.1) is 6.61 Å². The van der Waals surface area contributed by atoms with Crippen molar-refractivity contribution in [2.24, 2.45) is 0 Å². The molecule has 5 nitrogen and oxygen atoms in total. The smallest absolute Gasteiger partial charge is 0.410 e. The molecule has 0 saturated carbocycles. The number of hydrogen-bond acceptors (Lipinski definition) is 4. The fraction of sp³-hybridized carbons (Fsp3) is 0.611. The Balaban J connectivity index is 1.61. The third-order valence-corrected chi connectivity index (χ3v) is 4.44. The van der Waals surface area contributed by atoms with Crippen molar-refractivity contribution >= 4 is 28.7 Å². The number of piperazine rings is 1. The molecular weight excluding hydrogens is 419 g/mol. The van der Waals surface area contributed by atoms with E-state index in [4.69, 9.17) is 9.47 Å². The third kappa shape index (κ3) is 6.84. The SMILES string of the molecule is CC(C)(C)OC(=O)N1CCN(CCCOc2ccc(I)cc2)CC1. The monoisotopic (exact) mass is 446 g/mol. The topological polar surface area (TPSA) is 42.0 Å². The average Bonchev–Trinajstić information content (AvgIpc) is 2.52. The predicted octanol–water partition coefficient (Wildman–Crippen LogP) is 3.61. The van der Waals surface area contributed by atoms with Crippen molar-refractivity contribution in [1.29, 1.82) is 0 Å². The van der Waals surface area contributed by atoms with E-state index in [-0.39, 0.29) is 6.09 Å². The number of hydrogen-bond donors (Lipinski definition) is 0. The lowest BCUT2D eigenvalue weighted by molar-refractivity contribution is 0.0142. The first kappa shape index (κ1) is 19.3. The highest BCUT2D eigenvalue weighted by Crippen LogP contribution is 2.14. The molecule has 0 aromatic heterocycles. The molecule has 1 aliphatic heterocycles. The van der Waals surface area contributed by atoms with Crippen LogP contribution in [-0.2, 0) is 4.74 Å². The Kier molecular flexibility index (Phi) is 7.16. The van der Waals surface area contributed by atoms with Crippen molar-refractivity contribution in [3.05, 3.63) is 27.8 Å². The maximum atomic E-state index is 12.0. The van der Waals surface area contributed by atoms with Gasteiger partial charge in [-0.25, -0.2) is 4.79 Å². The molecular formula is C18H27IN2O3. The Morgan fingerprint density at radius 3 is 2.33 bits per heavy atom. The number of benzene rings is 1. The largest absolute Gasteiger partial charge is 0.494 e. The molecule has 1 fully saturated rings. The molecule has 1 heterocycles. The summed E-state index contributed by atoms with van der Waals surface area (Å²) in [4.78, 5) is 16.2. The quantitative estimate of drug-likeness (QED) is 0.512. The molecule has 1 aliphatic rings. The van der Waals surface area contributed by atoms with E-state index in [2.05, 4.69) is 27.5 Å². The fourth-order valence-corrected chi connectivity index (χ4v) is 2.85. The first-order chi connectivity index (χ1) is 11.3. The Morgan fingerprint density at radius 1 is 1.12 bits per heavy atom. The Morgan fingerprint density at radius 2 is 1.75 bits per heavy atom. The summed E-state index contributed by atoms with van der Waals surface area (Å²) in [5.74, 6) is 0.921. The van der Waals surface area contributed by atoms with Gasteiger partial charge in [-0.3, -0.25) is 4.90 Å². The van der Waals surface area contributed by atoms with Gasteiger partial charge in [-0.2, -0.15) is 0 Å². The second-order valence-electron chi connectivity index (χ2n) is 6.96. The van der Waals surface area contributed by atoms with E-state index in [0.717, 1.165) is 44.9 Å². The second-order valence-corrected chi connectivity index (χ2v) is 8.21. The van der Waals surface area contributed by atoms with Gasteiger partial charge in [0.15, 0.2) is 0 Å². The number of amides is 1. The maximum absolute atomic E-state index is 12.0. The van der Waals surface area contributed by atoms with Gasteiger partial charge in [0.1, 0.15) is 11.4 Å². The second kappa shape index (κ2) is 8.89. The molecule has 0 unspecified atom stereocenters. The molecule has 0 aliphatic carbocycles. The number of carbonyl (C=O) groups excluding carboxylic acids is 1. The molecule has 1 amide bonds. The Bertz CT molecular complexity index is 520. The van der Waals surface area contributed by atoms with E-state index < -0.39 is 5.60 Å².